The number of hydrogen-bond acceptors (Lipinski definition) is 3. The Morgan fingerprint density at radius 3 is 3.00 bits per heavy atom. The van der Waals surface area contributed by atoms with Crippen LogP contribution >= 0.6 is 11.6 Å². The minimum atomic E-state index is 0.0607. The first-order chi connectivity index (χ1) is 11.7. The SMILES string of the molecule is O=C(CCc1cccc(Cl)c1)NCCc1nnc2n1CCCCC2. The summed E-state index contributed by atoms with van der Waals surface area (Å²) in [5, 5.41) is 12.3. The summed E-state index contributed by atoms with van der Waals surface area (Å²) in [4.78, 5) is 12.0. The molecule has 0 aliphatic carbocycles. The van der Waals surface area contributed by atoms with Crippen molar-refractivity contribution in [1.82, 2.24) is 20.1 Å². The maximum absolute atomic E-state index is 12.0. The molecule has 1 aliphatic rings. The monoisotopic (exact) mass is 346 g/mol. The molecule has 0 unspecified atom stereocenters. The van der Waals surface area contributed by atoms with E-state index in [1.54, 1.807) is 0 Å². The third-order valence-electron chi connectivity index (χ3n) is 4.39. The highest BCUT2D eigenvalue weighted by Gasteiger charge is 2.14. The number of halogens is 1. The molecule has 0 saturated carbocycles. The van der Waals surface area contributed by atoms with Gasteiger partial charge in [0.15, 0.2) is 0 Å². The van der Waals surface area contributed by atoms with Crippen LogP contribution in [0.2, 0.25) is 5.02 Å². The van der Waals surface area contributed by atoms with Crippen LogP contribution in [0.15, 0.2) is 24.3 Å². The highest BCUT2D eigenvalue weighted by Crippen LogP contribution is 2.14. The Morgan fingerprint density at radius 1 is 1.21 bits per heavy atom. The second-order valence-corrected chi connectivity index (χ2v) is 6.66. The number of aromatic nitrogens is 3. The van der Waals surface area contributed by atoms with Crippen molar-refractivity contribution in [2.75, 3.05) is 6.54 Å². The molecule has 0 fully saturated rings. The van der Waals surface area contributed by atoms with E-state index in [0.717, 1.165) is 36.6 Å². The van der Waals surface area contributed by atoms with Gasteiger partial charge in [0.05, 0.1) is 0 Å². The first kappa shape index (κ1) is 17.0. The van der Waals surface area contributed by atoms with Crippen LogP contribution in [-0.4, -0.2) is 27.2 Å². The fourth-order valence-electron chi connectivity index (χ4n) is 3.08. The molecule has 2 aromatic rings. The van der Waals surface area contributed by atoms with Crippen molar-refractivity contribution < 1.29 is 4.79 Å². The number of benzene rings is 1. The molecule has 1 amide bonds. The van der Waals surface area contributed by atoms with Gasteiger partial charge in [0, 0.05) is 37.4 Å². The minimum Gasteiger partial charge on any atom is -0.356 e. The number of carbonyl (C=O) groups is 1. The van der Waals surface area contributed by atoms with Gasteiger partial charge in [0.1, 0.15) is 11.6 Å². The highest BCUT2D eigenvalue weighted by molar-refractivity contribution is 6.30. The second-order valence-electron chi connectivity index (χ2n) is 6.22. The molecule has 0 spiro atoms. The number of aryl methyl sites for hydroxylation is 2. The molecule has 0 bridgehead atoms. The third-order valence-corrected chi connectivity index (χ3v) is 4.62. The highest BCUT2D eigenvalue weighted by atomic mass is 35.5. The van der Waals surface area contributed by atoms with Gasteiger partial charge in [-0.2, -0.15) is 0 Å². The lowest BCUT2D eigenvalue weighted by atomic mass is 10.1. The molecule has 3 rings (SSSR count). The Balaban J connectivity index is 1.43. The minimum absolute atomic E-state index is 0.0607. The molecule has 6 heteroatoms. The number of hydrogen-bond donors (Lipinski definition) is 1. The van der Waals surface area contributed by atoms with Crippen molar-refractivity contribution >= 4 is 17.5 Å². The number of nitrogens with zero attached hydrogens (tertiary/aromatic N) is 3. The largest absolute Gasteiger partial charge is 0.356 e. The summed E-state index contributed by atoms with van der Waals surface area (Å²) in [6, 6.07) is 7.64. The van der Waals surface area contributed by atoms with Crippen molar-refractivity contribution in [2.24, 2.45) is 0 Å². The number of nitrogens with one attached hydrogen (secondary N) is 1. The normalized spacial score (nSPS) is 14.0. The fourth-order valence-corrected chi connectivity index (χ4v) is 3.30. The van der Waals surface area contributed by atoms with Crippen LogP contribution in [0.4, 0.5) is 0 Å². The lowest BCUT2D eigenvalue weighted by Gasteiger charge is -2.08. The van der Waals surface area contributed by atoms with Crippen molar-refractivity contribution in [3.05, 3.63) is 46.5 Å². The molecular weight excluding hydrogens is 324 g/mol. The summed E-state index contributed by atoms with van der Waals surface area (Å²) in [6.45, 7) is 1.60. The molecule has 0 atom stereocenters. The van der Waals surface area contributed by atoms with Gasteiger partial charge in [0.25, 0.3) is 0 Å². The lowest BCUT2D eigenvalue weighted by molar-refractivity contribution is -0.121. The van der Waals surface area contributed by atoms with Gasteiger partial charge in [0.2, 0.25) is 5.91 Å². The van der Waals surface area contributed by atoms with E-state index < -0.39 is 0 Å². The first-order valence-electron chi connectivity index (χ1n) is 8.64. The summed E-state index contributed by atoms with van der Waals surface area (Å²) in [5.41, 5.74) is 1.08. The van der Waals surface area contributed by atoms with Crippen LogP contribution in [0.5, 0.6) is 0 Å². The van der Waals surface area contributed by atoms with E-state index in [1.807, 2.05) is 24.3 Å². The molecule has 1 aromatic carbocycles. The van der Waals surface area contributed by atoms with Gasteiger partial charge in [-0.15, -0.1) is 10.2 Å². The van der Waals surface area contributed by atoms with Gasteiger partial charge in [-0.3, -0.25) is 4.79 Å². The van der Waals surface area contributed by atoms with E-state index in [0.29, 0.717) is 24.4 Å². The average Bonchev–Trinajstić information content (AvgIpc) is 2.80. The van der Waals surface area contributed by atoms with Crippen LogP contribution in [0.1, 0.15) is 42.9 Å². The molecule has 24 heavy (non-hydrogen) atoms. The average molecular weight is 347 g/mol. The van der Waals surface area contributed by atoms with E-state index in [9.17, 15) is 4.79 Å². The maximum Gasteiger partial charge on any atom is 0.220 e. The van der Waals surface area contributed by atoms with Crippen molar-refractivity contribution in [1.29, 1.82) is 0 Å². The van der Waals surface area contributed by atoms with E-state index in [2.05, 4.69) is 20.1 Å². The maximum atomic E-state index is 12.0. The Bertz CT molecular complexity index is 698. The predicted octanol–water partition coefficient (Wildman–Crippen LogP) is 2.95. The zero-order valence-corrected chi connectivity index (χ0v) is 14.6. The summed E-state index contributed by atoms with van der Waals surface area (Å²) in [5.74, 6) is 2.14. The van der Waals surface area contributed by atoms with Crippen molar-refractivity contribution in [3.63, 3.8) is 0 Å². The van der Waals surface area contributed by atoms with Crippen LogP contribution in [0, 0.1) is 0 Å². The molecule has 0 saturated heterocycles. The standard InChI is InChI=1S/C18H23ClN4O/c19-15-6-4-5-14(13-15)8-9-18(24)20-11-10-17-22-21-16-7-2-1-3-12-23(16)17/h4-6,13H,1-3,7-12H2,(H,20,24). The van der Waals surface area contributed by atoms with Gasteiger partial charge < -0.3 is 9.88 Å². The fraction of sp³-hybridized carbons (Fsp3) is 0.500. The first-order valence-corrected chi connectivity index (χ1v) is 9.02. The van der Waals surface area contributed by atoms with Gasteiger partial charge in [-0.25, -0.2) is 0 Å². The van der Waals surface area contributed by atoms with E-state index in [-0.39, 0.29) is 5.91 Å². The predicted molar refractivity (Wildman–Crippen MR) is 94.1 cm³/mol. The Morgan fingerprint density at radius 2 is 2.12 bits per heavy atom. The molecule has 1 aromatic heterocycles. The zero-order chi connectivity index (χ0) is 16.8. The van der Waals surface area contributed by atoms with Crippen LogP contribution in [0.3, 0.4) is 0 Å². The Labute approximate surface area is 147 Å². The molecule has 0 radical (unpaired) electrons. The molecule has 1 N–H and O–H groups in total. The van der Waals surface area contributed by atoms with Crippen LogP contribution in [-0.2, 0) is 30.6 Å². The van der Waals surface area contributed by atoms with Crippen molar-refractivity contribution in [2.45, 2.75) is 51.5 Å². The number of amides is 1. The quantitative estimate of drug-likeness (QED) is 0.874. The van der Waals surface area contributed by atoms with Crippen molar-refractivity contribution in [3.8, 4) is 0 Å². The number of fused-ring (bicyclic) bond motifs is 1. The van der Waals surface area contributed by atoms with Gasteiger partial charge >= 0.3 is 0 Å². The van der Waals surface area contributed by atoms with Gasteiger partial charge in [-0.1, -0.05) is 30.2 Å². The summed E-state index contributed by atoms with van der Waals surface area (Å²) >= 11 is 5.95. The smallest absolute Gasteiger partial charge is 0.220 e. The number of rotatable bonds is 6. The molecule has 2 heterocycles. The zero-order valence-electron chi connectivity index (χ0n) is 13.8. The molecular formula is C18H23ClN4O. The Hall–Kier alpha value is -1.88. The number of carbonyl (C=O) groups excluding carboxylic acids is 1. The topological polar surface area (TPSA) is 59.8 Å². The van der Waals surface area contributed by atoms with Crippen LogP contribution in [0.25, 0.3) is 0 Å². The Kier molecular flexibility index (Phi) is 5.86. The summed E-state index contributed by atoms with van der Waals surface area (Å²) < 4.78 is 2.23. The lowest BCUT2D eigenvalue weighted by Crippen LogP contribution is -2.26. The second kappa shape index (κ2) is 8.29. The van der Waals surface area contributed by atoms with E-state index in [1.165, 1.54) is 19.3 Å². The molecule has 1 aliphatic heterocycles. The molecule has 5 nitrogen and oxygen atoms in total. The molecule has 128 valence electrons. The summed E-state index contributed by atoms with van der Waals surface area (Å²) in [7, 11) is 0. The van der Waals surface area contributed by atoms with Crippen LogP contribution < -0.4 is 5.32 Å². The van der Waals surface area contributed by atoms with E-state index >= 15 is 0 Å². The summed E-state index contributed by atoms with van der Waals surface area (Å²) in [6.07, 6.45) is 6.55. The van der Waals surface area contributed by atoms with Gasteiger partial charge in [-0.05, 0) is 37.0 Å². The third kappa shape index (κ3) is 4.57. The van der Waals surface area contributed by atoms with E-state index in [4.69, 9.17) is 11.6 Å².